The highest BCUT2D eigenvalue weighted by Crippen LogP contribution is 2.33. The van der Waals surface area contributed by atoms with Gasteiger partial charge >= 0.3 is 0 Å². The Bertz CT molecular complexity index is 813. The minimum absolute atomic E-state index is 0.160. The van der Waals surface area contributed by atoms with Crippen molar-refractivity contribution < 1.29 is 13.2 Å². The van der Waals surface area contributed by atoms with E-state index in [-0.39, 0.29) is 15.4 Å². The van der Waals surface area contributed by atoms with Gasteiger partial charge in [0, 0.05) is 12.1 Å². The molecule has 2 aromatic rings. The molecule has 5 nitrogen and oxygen atoms in total. The number of sulfone groups is 1. The number of primary amides is 1. The second kappa shape index (κ2) is 4.35. The molecule has 0 aliphatic carbocycles. The smallest absolute Gasteiger partial charge is 0.248 e. The van der Waals surface area contributed by atoms with Gasteiger partial charge in [-0.3, -0.25) is 4.79 Å². The van der Waals surface area contributed by atoms with Gasteiger partial charge in [-0.15, -0.1) is 0 Å². The van der Waals surface area contributed by atoms with Crippen LogP contribution < -0.4 is 11.1 Å². The Balaban J connectivity index is 2.26. The van der Waals surface area contributed by atoms with Crippen LogP contribution in [0.25, 0.3) is 0 Å². The number of hydrogen-bond donors (Lipinski definition) is 2. The third-order valence-electron chi connectivity index (χ3n) is 3.29. The Morgan fingerprint density at radius 2 is 1.85 bits per heavy atom. The minimum Gasteiger partial charge on any atom is -0.380 e. The Kier molecular flexibility index (Phi) is 2.76. The predicted octanol–water partition coefficient (Wildman–Crippen LogP) is 1.54. The van der Waals surface area contributed by atoms with Gasteiger partial charge in [0.1, 0.15) is 0 Å². The van der Waals surface area contributed by atoms with Crippen molar-refractivity contribution >= 4 is 21.4 Å². The summed E-state index contributed by atoms with van der Waals surface area (Å²) in [6.45, 7) is 0.380. The first-order valence-corrected chi connectivity index (χ1v) is 7.49. The number of rotatable bonds is 1. The van der Waals surface area contributed by atoms with Crippen LogP contribution in [-0.2, 0) is 16.4 Å². The number of amides is 1. The first-order chi connectivity index (χ1) is 9.50. The molecule has 0 fully saturated rings. The lowest BCUT2D eigenvalue weighted by molar-refractivity contribution is 0.1000. The van der Waals surface area contributed by atoms with Crippen LogP contribution in [0.2, 0.25) is 0 Å². The topological polar surface area (TPSA) is 89.3 Å². The molecule has 0 spiro atoms. The van der Waals surface area contributed by atoms with Gasteiger partial charge in [-0.1, -0.05) is 18.2 Å². The van der Waals surface area contributed by atoms with Crippen LogP contribution in [0.1, 0.15) is 15.9 Å². The maximum Gasteiger partial charge on any atom is 0.248 e. The summed E-state index contributed by atoms with van der Waals surface area (Å²) < 4.78 is 25.3. The molecule has 0 saturated carbocycles. The normalized spacial score (nSPS) is 15.4. The Morgan fingerprint density at radius 1 is 1.10 bits per heavy atom. The molecule has 0 radical (unpaired) electrons. The molecule has 0 saturated heterocycles. The molecule has 6 heteroatoms. The molecule has 2 aromatic carbocycles. The number of hydrogen-bond acceptors (Lipinski definition) is 4. The van der Waals surface area contributed by atoms with E-state index in [1.807, 2.05) is 0 Å². The fraction of sp³-hybridized carbons (Fsp3) is 0.0714. The monoisotopic (exact) mass is 288 g/mol. The van der Waals surface area contributed by atoms with E-state index in [2.05, 4.69) is 5.32 Å². The maximum absolute atomic E-state index is 12.6. The summed E-state index contributed by atoms with van der Waals surface area (Å²) in [6.07, 6.45) is 0. The van der Waals surface area contributed by atoms with Gasteiger partial charge in [-0.2, -0.15) is 0 Å². The molecular formula is C14H12N2O3S. The van der Waals surface area contributed by atoms with Crippen molar-refractivity contribution in [2.75, 3.05) is 5.32 Å². The lowest BCUT2D eigenvalue weighted by Gasteiger charge is -2.08. The van der Waals surface area contributed by atoms with E-state index in [1.54, 1.807) is 24.3 Å². The molecule has 3 N–H and O–H groups in total. The van der Waals surface area contributed by atoms with Crippen LogP contribution in [0.5, 0.6) is 0 Å². The number of nitrogens with two attached hydrogens (primary N) is 1. The molecule has 1 heterocycles. The van der Waals surface area contributed by atoms with Gasteiger partial charge in [0.15, 0.2) is 0 Å². The van der Waals surface area contributed by atoms with E-state index in [0.29, 0.717) is 17.8 Å². The summed E-state index contributed by atoms with van der Waals surface area (Å²) in [4.78, 5) is 11.6. The summed E-state index contributed by atoms with van der Waals surface area (Å²) >= 11 is 0. The molecule has 20 heavy (non-hydrogen) atoms. The second-order valence-electron chi connectivity index (χ2n) is 4.54. The van der Waals surface area contributed by atoms with E-state index in [9.17, 15) is 13.2 Å². The van der Waals surface area contributed by atoms with Crippen molar-refractivity contribution in [3.8, 4) is 0 Å². The molecule has 0 unspecified atom stereocenters. The number of fused-ring (bicyclic) bond motifs is 2. The van der Waals surface area contributed by atoms with Crippen LogP contribution in [0.4, 0.5) is 5.69 Å². The number of carbonyl (C=O) groups excluding carboxylic acids is 1. The van der Waals surface area contributed by atoms with Crippen LogP contribution in [0.3, 0.4) is 0 Å². The standard InChI is InChI=1S/C14H12N2O3S/c15-14(17)9-5-6-13-11(7-9)16-8-10-3-1-2-4-12(10)20(13,18)19/h1-7,16H,8H2,(H2,15,17). The molecule has 1 aliphatic rings. The van der Waals surface area contributed by atoms with Gasteiger partial charge in [-0.25, -0.2) is 8.42 Å². The van der Waals surface area contributed by atoms with Crippen molar-refractivity contribution in [2.24, 2.45) is 5.73 Å². The fourth-order valence-electron chi connectivity index (χ4n) is 2.28. The Labute approximate surface area is 116 Å². The molecule has 0 aromatic heterocycles. The summed E-state index contributed by atoms with van der Waals surface area (Å²) in [7, 11) is -3.59. The average molecular weight is 288 g/mol. The lowest BCUT2D eigenvalue weighted by Crippen LogP contribution is -2.12. The molecule has 0 atom stereocenters. The number of carbonyl (C=O) groups is 1. The highest BCUT2D eigenvalue weighted by atomic mass is 32.2. The van der Waals surface area contributed by atoms with Crippen LogP contribution >= 0.6 is 0 Å². The molecule has 3 rings (SSSR count). The quantitative estimate of drug-likeness (QED) is 0.833. The van der Waals surface area contributed by atoms with Gasteiger partial charge in [0.2, 0.25) is 15.7 Å². The van der Waals surface area contributed by atoms with Crippen molar-refractivity contribution in [3.05, 3.63) is 53.6 Å². The summed E-state index contributed by atoms with van der Waals surface area (Å²) in [6, 6.07) is 11.2. The Morgan fingerprint density at radius 3 is 2.60 bits per heavy atom. The SMILES string of the molecule is NC(=O)c1ccc2c(c1)NCc1ccccc1S2(=O)=O. The minimum atomic E-state index is -3.59. The van der Waals surface area contributed by atoms with Crippen LogP contribution in [-0.4, -0.2) is 14.3 Å². The first kappa shape index (κ1) is 12.7. The van der Waals surface area contributed by atoms with Crippen LogP contribution in [0.15, 0.2) is 52.3 Å². The molecule has 1 amide bonds. The molecule has 0 bridgehead atoms. The third-order valence-corrected chi connectivity index (χ3v) is 5.20. The lowest BCUT2D eigenvalue weighted by atomic mass is 10.2. The summed E-state index contributed by atoms with van der Waals surface area (Å²) in [5.74, 6) is -0.589. The number of benzene rings is 2. The summed E-state index contributed by atoms with van der Waals surface area (Å²) in [5.41, 5.74) is 6.60. The average Bonchev–Trinajstić information content (AvgIpc) is 2.55. The van der Waals surface area contributed by atoms with E-state index in [0.717, 1.165) is 0 Å². The zero-order valence-corrected chi connectivity index (χ0v) is 11.3. The molecule has 1 aliphatic heterocycles. The van der Waals surface area contributed by atoms with E-state index >= 15 is 0 Å². The first-order valence-electron chi connectivity index (χ1n) is 6.01. The number of nitrogens with one attached hydrogen (secondary N) is 1. The maximum atomic E-state index is 12.6. The highest BCUT2D eigenvalue weighted by Gasteiger charge is 2.27. The van der Waals surface area contributed by atoms with Gasteiger partial charge in [-0.05, 0) is 29.8 Å². The van der Waals surface area contributed by atoms with Crippen LogP contribution in [0, 0.1) is 0 Å². The fourth-order valence-corrected chi connectivity index (χ4v) is 3.92. The number of anilines is 1. The summed E-state index contributed by atoms with van der Waals surface area (Å²) in [5, 5.41) is 3.05. The van der Waals surface area contributed by atoms with Crippen molar-refractivity contribution in [1.29, 1.82) is 0 Å². The highest BCUT2D eigenvalue weighted by molar-refractivity contribution is 7.91. The van der Waals surface area contributed by atoms with E-state index in [4.69, 9.17) is 5.73 Å². The van der Waals surface area contributed by atoms with Gasteiger partial charge in [0.25, 0.3) is 0 Å². The van der Waals surface area contributed by atoms with E-state index in [1.165, 1.54) is 18.2 Å². The molecular weight excluding hydrogens is 276 g/mol. The zero-order valence-electron chi connectivity index (χ0n) is 10.5. The largest absolute Gasteiger partial charge is 0.380 e. The second-order valence-corrected chi connectivity index (χ2v) is 6.43. The van der Waals surface area contributed by atoms with Crippen molar-refractivity contribution in [3.63, 3.8) is 0 Å². The van der Waals surface area contributed by atoms with E-state index < -0.39 is 15.7 Å². The van der Waals surface area contributed by atoms with Crippen molar-refractivity contribution in [2.45, 2.75) is 16.3 Å². The van der Waals surface area contributed by atoms with Gasteiger partial charge in [0.05, 0.1) is 15.5 Å². The van der Waals surface area contributed by atoms with Crippen molar-refractivity contribution in [1.82, 2.24) is 0 Å². The zero-order chi connectivity index (χ0) is 14.3. The third kappa shape index (κ3) is 1.85. The predicted molar refractivity (Wildman–Crippen MR) is 74.2 cm³/mol. The molecule has 102 valence electrons. The Hall–Kier alpha value is -2.34. The van der Waals surface area contributed by atoms with Gasteiger partial charge < -0.3 is 11.1 Å².